The van der Waals surface area contributed by atoms with E-state index in [1.807, 2.05) is 19.1 Å². The van der Waals surface area contributed by atoms with E-state index in [-0.39, 0.29) is 6.61 Å². The molecule has 0 unspecified atom stereocenters. The third-order valence-electron chi connectivity index (χ3n) is 2.11. The Hall–Kier alpha value is -1.06. The molecule has 3 heteroatoms. The van der Waals surface area contributed by atoms with Crippen molar-refractivity contribution in [2.45, 2.75) is 13.5 Å². The highest BCUT2D eigenvalue weighted by molar-refractivity contribution is 7.19. The summed E-state index contributed by atoms with van der Waals surface area (Å²) in [7, 11) is 0. The smallest absolute Gasteiger partial charge is 0.0774 e. The van der Waals surface area contributed by atoms with Crippen LogP contribution in [0.15, 0.2) is 18.2 Å². The first-order valence-corrected chi connectivity index (χ1v) is 4.92. The Morgan fingerprint density at radius 2 is 2.15 bits per heavy atom. The van der Waals surface area contributed by atoms with Gasteiger partial charge in [0, 0.05) is 15.3 Å². The number of aliphatic hydroxyl groups is 1. The summed E-state index contributed by atoms with van der Waals surface area (Å²) in [6.45, 7) is 2.10. The number of anilines is 1. The van der Waals surface area contributed by atoms with Crippen molar-refractivity contribution in [2.75, 3.05) is 5.73 Å². The first-order valence-electron chi connectivity index (χ1n) is 4.10. The third-order valence-corrected chi connectivity index (χ3v) is 3.19. The molecule has 0 atom stereocenters. The summed E-state index contributed by atoms with van der Waals surface area (Å²) in [5.41, 5.74) is 7.69. The molecule has 0 amide bonds. The van der Waals surface area contributed by atoms with Crippen LogP contribution in [0, 0.1) is 6.92 Å². The molecule has 2 nitrogen and oxygen atoms in total. The number of aliphatic hydroxyl groups excluding tert-OH is 1. The molecule has 0 fully saturated rings. The fraction of sp³-hybridized carbons (Fsp3) is 0.200. The molecule has 0 radical (unpaired) electrons. The number of fused-ring (bicyclic) bond motifs is 1. The minimum absolute atomic E-state index is 0.109. The SMILES string of the molecule is Cc1cc2cc(CO)sc2cc1N. The van der Waals surface area contributed by atoms with Crippen molar-refractivity contribution in [3.63, 3.8) is 0 Å². The summed E-state index contributed by atoms with van der Waals surface area (Å²) in [6, 6.07) is 6.03. The van der Waals surface area contributed by atoms with Crippen molar-refractivity contribution in [2.24, 2.45) is 0 Å². The number of thiophene rings is 1. The largest absolute Gasteiger partial charge is 0.398 e. The topological polar surface area (TPSA) is 46.2 Å². The van der Waals surface area contributed by atoms with E-state index in [2.05, 4.69) is 6.07 Å². The molecule has 0 saturated heterocycles. The molecule has 0 bridgehead atoms. The molecule has 3 N–H and O–H groups in total. The lowest BCUT2D eigenvalue weighted by Crippen LogP contribution is -1.87. The van der Waals surface area contributed by atoms with Crippen molar-refractivity contribution in [3.05, 3.63) is 28.6 Å². The normalized spacial score (nSPS) is 10.9. The minimum Gasteiger partial charge on any atom is -0.398 e. The highest BCUT2D eigenvalue weighted by atomic mass is 32.1. The average molecular weight is 193 g/mol. The predicted molar refractivity (Wildman–Crippen MR) is 56.9 cm³/mol. The maximum atomic E-state index is 8.96. The lowest BCUT2D eigenvalue weighted by Gasteiger charge is -1.98. The van der Waals surface area contributed by atoms with Crippen LogP contribution in [-0.4, -0.2) is 5.11 Å². The van der Waals surface area contributed by atoms with E-state index in [1.165, 1.54) is 5.39 Å². The van der Waals surface area contributed by atoms with E-state index >= 15 is 0 Å². The Morgan fingerprint density at radius 1 is 1.38 bits per heavy atom. The summed E-state index contributed by atoms with van der Waals surface area (Å²) in [4.78, 5) is 0.986. The lowest BCUT2D eigenvalue weighted by atomic mass is 10.1. The van der Waals surface area contributed by atoms with Gasteiger partial charge < -0.3 is 10.8 Å². The maximum Gasteiger partial charge on any atom is 0.0774 e. The van der Waals surface area contributed by atoms with Crippen LogP contribution in [0.2, 0.25) is 0 Å². The van der Waals surface area contributed by atoms with Gasteiger partial charge in [0.2, 0.25) is 0 Å². The van der Waals surface area contributed by atoms with Crippen LogP contribution >= 0.6 is 11.3 Å². The van der Waals surface area contributed by atoms with Gasteiger partial charge in [-0.3, -0.25) is 0 Å². The van der Waals surface area contributed by atoms with Gasteiger partial charge in [-0.25, -0.2) is 0 Å². The van der Waals surface area contributed by atoms with Gasteiger partial charge in [-0.15, -0.1) is 11.3 Å². The highest BCUT2D eigenvalue weighted by Crippen LogP contribution is 2.29. The second-order valence-corrected chi connectivity index (χ2v) is 4.29. The van der Waals surface area contributed by atoms with Crippen LogP contribution in [0.5, 0.6) is 0 Å². The molecular formula is C10H11NOS. The van der Waals surface area contributed by atoms with Gasteiger partial charge in [0.15, 0.2) is 0 Å². The number of hydrogen-bond acceptors (Lipinski definition) is 3. The first kappa shape index (κ1) is 8.53. The van der Waals surface area contributed by atoms with Crippen LogP contribution in [0.3, 0.4) is 0 Å². The Labute approximate surface area is 80.6 Å². The van der Waals surface area contributed by atoms with Crippen molar-refractivity contribution >= 4 is 27.1 Å². The number of nitrogens with two attached hydrogens (primary N) is 1. The van der Waals surface area contributed by atoms with Crippen LogP contribution in [0.25, 0.3) is 10.1 Å². The third kappa shape index (κ3) is 1.41. The Morgan fingerprint density at radius 3 is 2.85 bits per heavy atom. The fourth-order valence-corrected chi connectivity index (χ4v) is 2.30. The van der Waals surface area contributed by atoms with E-state index in [0.717, 1.165) is 20.8 Å². The van der Waals surface area contributed by atoms with Gasteiger partial charge in [-0.1, -0.05) is 0 Å². The molecule has 68 valence electrons. The predicted octanol–water partition coefficient (Wildman–Crippen LogP) is 2.28. The molecule has 2 rings (SSSR count). The maximum absolute atomic E-state index is 8.96. The summed E-state index contributed by atoms with van der Waals surface area (Å²) < 4.78 is 1.15. The highest BCUT2D eigenvalue weighted by Gasteiger charge is 2.02. The monoisotopic (exact) mass is 193 g/mol. The molecule has 0 aliphatic carbocycles. The van der Waals surface area contributed by atoms with E-state index < -0.39 is 0 Å². The number of nitrogen functional groups attached to an aromatic ring is 1. The van der Waals surface area contributed by atoms with Crippen LogP contribution in [-0.2, 0) is 6.61 Å². The van der Waals surface area contributed by atoms with Gasteiger partial charge in [0.1, 0.15) is 0 Å². The zero-order valence-electron chi connectivity index (χ0n) is 7.37. The van der Waals surface area contributed by atoms with Gasteiger partial charge in [-0.05, 0) is 36.1 Å². The number of hydrogen-bond donors (Lipinski definition) is 2. The van der Waals surface area contributed by atoms with Crippen molar-refractivity contribution in [1.82, 2.24) is 0 Å². The van der Waals surface area contributed by atoms with Crippen molar-refractivity contribution < 1.29 is 5.11 Å². The van der Waals surface area contributed by atoms with Gasteiger partial charge in [0.05, 0.1) is 6.61 Å². The molecule has 1 aromatic heterocycles. The molecule has 0 aliphatic heterocycles. The molecule has 13 heavy (non-hydrogen) atoms. The van der Waals surface area contributed by atoms with E-state index in [1.54, 1.807) is 11.3 Å². The second-order valence-electron chi connectivity index (χ2n) is 3.12. The number of rotatable bonds is 1. The quantitative estimate of drug-likeness (QED) is 0.682. The molecule has 0 spiro atoms. The first-order chi connectivity index (χ1) is 6.20. The second kappa shape index (κ2) is 3.01. The van der Waals surface area contributed by atoms with Gasteiger partial charge in [-0.2, -0.15) is 0 Å². The fourth-order valence-electron chi connectivity index (χ4n) is 1.35. The summed E-state index contributed by atoms with van der Waals surface area (Å²) in [6.07, 6.45) is 0. The molecule has 2 aromatic rings. The lowest BCUT2D eigenvalue weighted by molar-refractivity contribution is 0.285. The van der Waals surface area contributed by atoms with Crippen LogP contribution < -0.4 is 5.73 Å². The van der Waals surface area contributed by atoms with Gasteiger partial charge >= 0.3 is 0 Å². The minimum atomic E-state index is 0.109. The van der Waals surface area contributed by atoms with E-state index in [4.69, 9.17) is 10.8 Å². The summed E-state index contributed by atoms with van der Waals surface area (Å²) >= 11 is 1.59. The molecule has 0 saturated carbocycles. The van der Waals surface area contributed by atoms with Crippen molar-refractivity contribution in [1.29, 1.82) is 0 Å². The zero-order chi connectivity index (χ0) is 9.42. The van der Waals surface area contributed by atoms with E-state index in [9.17, 15) is 0 Å². The van der Waals surface area contributed by atoms with Gasteiger partial charge in [0.25, 0.3) is 0 Å². The van der Waals surface area contributed by atoms with Crippen molar-refractivity contribution in [3.8, 4) is 0 Å². The standard InChI is InChI=1S/C10H11NOS/c1-6-2-7-3-8(5-12)13-10(7)4-9(6)11/h2-4,12H,5,11H2,1H3. The summed E-state index contributed by atoms with van der Waals surface area (Å²) in [5, 5.41) is 10.1. The van der Waals surface area contributed by atoms with Crippen LogP contribution in [0.1, 0.15) is 10.4 Å². The molecular weight excluding hydrogens is 182 g/mol. The Balaban J connectivity index is 2.70. The zero-order valence-corrected chi connectivity index (χ0v) is 8.19. The Bertz CT molecular complexity index is 408. The summed E-state index contributed by atoms with van der Waals surface area (Å²) in [5.74, 6) is 0. The average Bonchev–Trinajstić information content (AvgIpc) is 2.48. The molecule has 0 aliphatic rings. The number of benzene rings is 1. The molecule has 1 aromatic carbocycles. The van der Waals surface area contributed by atoms with E-state index in [0.29, 0.717) is 0 Å². The molecule has 1 heterocycles. The number of aryl methyl sites for hydroxylation is 1. The Kier molecular flexibility index (Phi) is 1.98. The van der Waals surface area contributed by atoms with Crippen LogP contribution in [0.4, 0.5) is 5.69 Å².